The Morgan fingerprint density at radius 1 is 1.08 bits per heavy atom. The Labute approximate surface area is 243 Å². The van der Waals surface area contributed by atoms with Gasteiger partial charge < -0.3 is 20.3 Å². The van der Waals surface area contributed by atoms with Crippen LogP contribution in [0.15, 0.2) is 30.3 Å². The minimum absolute atomic E-state index is 0.0363. The predicted molar refractivity (Wildman–Crippen MR) is 153 cm³/mol. The van der Waals surface area contributed by atoms with Gasteiger partial charge in [-0.15, -0.1) is 22.9 Å². The fourth-order valence-electron chi connectivity index (χ4n) is 5.27. The van der Waals surface area contributed by atoms with Gasteiger partial charge in [0, 0.05) is 20.3 Å². The van der Waals surface area contributed by atoms with Crippen molar-refractivity contribution in [3.63, 3.8) is 0 Å². The molecule has 0 spiro atoms. The van der Waals surface area contributed by atoms with E-state index in [0.717, 1.165) is 49.0 Å². The van der Waals surface area contributed by atoms with Crippen LogP contribution in [-0.4, -0.2) is 53.3 Å². The molecule has 1 saturated carbocycles. The first-order chi connectivity index (χ1) is 18.2. The summed E-state index contributed by atoms with van der Waals surface area (Å²) < 4.78 is 5.22. The van der Waals surface area contributed by atoms with Gasteiger partial charge in [0.25, 0.3) is 0 Å². The fourth-order valence-corrected chi connectivity index (χ4v) is 7.38. The van der Waals surface area contributed by atoms with Crippen molar-refractivity contribution < 1.29 is 24.5 Å². The van der Waals surface area contributed by atoms with Crippen LogP contribution in [0.3, 0.4) is 0 Å². The summed E-state index contributed by atoms with van der Waals surface area (Å²) in [7, 11) is 0. The van der Waals surface area contributed by atoms with E-state index in [1.165, 1.54) is 11.3 Å². The summed E-state index contributed by atoms with van der Waals surface area (Å²) in [6, 6.07) is 8.73. The Hall–Kier alpha value is -1.35. The molecule has 10 heteroatoms. The smallest absolute Gasteiger partial charge is 0.348 e. The van der Waals surface area contributed by atoms with E-state index in [1.54, 1.807) is 12.1 Å². The standard InChI is InChI=1S/C28H36Cl3NO5S/c1-17-11-25(31)24(23(17)7-5-18-12-19(29)14-20(30)13-18)4-2-3-22-6-8-26(38-22)28(36)37-10-9-27(35)32-21(15-33)16-34/h6,8,12-14,17,21,23-25,33-34H,2-5,7,9-11,15-16H2,1H3,(H,32,35)/t17-,23+,24-,25-/m1/s1. The van der Waals surface area contributed by atoms with Gasteiger partial charge in [0.1, 0.15) is 11.5 Å². The molecule has 0 unspecified atom stereocenters. The molecule has 1 aromatic heterocycles. The van der Waals surface area contributed by atoms with E-state index in [-0.39, 0.29) is 31.6 Å². The Balaban J connectivity index is 1.43. The zero-order chi connectivity index (χ0) is 27.7. The van der Waals surface area contributed by atoms with Crippen LogP contribution in [0.4, 0.5) is 0 Å². The molecule has 0 aliphatic heterocycles. The van der Waals surface area contributed by atoms with E-state index >= 15 is 0 Å². The number of carbonyl (C=O) groups excluding carboxylic acids is 2. The van der Waals surface area contributed by atoms with E-state index in [2.05, 4.69) is 12.2 Å². The normalized spacial score (nSPS) is 21.1. The Kier molecular flexibility index (Phi) is 12.7. The summed E-state index contributed by atoms with van der Waals surface area (Å²) in [5, 5.41) is 22.0. The molecule has 1 aromatic carbocycles. The number of rotatable bonds is 14. The van der Waals surface area contributed by atoms with Crippen molar-refractivity contribution in [1.82, 2.24) is 5.32 Å². The van der Waals surface area contributed by atoms with Crippen LogP contribution in [0.2, 0.25) is 10.0 Å². The predicted octanol–water partition coefficient (Wildman–Crippen LogP) is 5.91. The lowest BCUT2D eigenvalue weighted by atomic mass is 9.82. The van der Waals surface area contributed by atoms with Crippen LogP contribution in [-0.2, 0) is 22.4 Å². The second-order valence-electron chi connectivity index (χ2n) is 10.0. The minimum atomic E-state index is -0.711. The number of benzene rings is 1. The first-order valence-corrected chi connectivity index (χ1v) is 15.1. The number of ether oxygens (including phenoxy) is 1. The van der Waals surface area contributed by atoms with Gasteiger partial charge in [0.05, 0.1) is 25.7 Å². The van der Waals surface area contributed by atoms with E-state index in [0.29, 0.717) is 32.7 Å². The summed E-state index contributed by atoms with van der Waals surface area (Å²) >= 11 is 20.5. The molecule has 4 atom stereocenters. The third kappa shape index (κ3) is 9.39. The molecule has 2 aromatic rings. The second kappa shape index (κ2) is 15.4. The van der Waals surface area contributed by atoms with Gasteiger partial charge in [-0.2, -0.15) is 0 Å². The number of amides is 1. The monoisotopic (exact) mass is 603 g/mol. The average molecular weight is 605 g/mol. The van der Waals surface area contributed by atoms with E-state index in [9.17, 15) is 9.59 Å². The summed E-state index contributed by atoms with van der Waals surface area (Å²) in [6.07, 6.45) is 5.87. The molecular formula is C28H36Cl3NO5S. The molecule has 3 N–H and O–H groups in total. The Bertz CT molecular complexity index is 1040. The van der Waals surface area contributed by atoms with Crippen LogP contribution < -0.4 is 5.32 Å². The minimum Gasteiger partial charge on any atom is -0.461 e. The summed E-state index contributed by atoms with van der Waals surface area (Å²) in [5.74, 6) is 0.716. The molecule has 3 rings (SSSR count). The van der Waals surface area contributed by atoms with Crippen molar-refractivity contribution in [3.05, 3.63) is 55.7 Å². The Morgan fingerprint density at radius 3 is 2.47 bits per heavy atom. The maximum absolute atomic E-state index is 12.4. The van der Waals surface area contributed by atoms with Crippen molar-refractivity contribution >= 4 is 58.0 Å². The van der Waals surface area contributed by atoms with E-state index < -0.39 is 17.9 Å². The lowest BCUT2D eigenvalue weighted by Gasteiger charge is -2.24. The van der Waals surface area contributed by atoms with Gasteiger partial charge in [-0.25, -0.2) is 4.79 Å². The number of aliphatic hydroxyl groups is 2. The maximum Gasteiger partial charge on any atom is 0.348 e. The van der Waals surface area contributed by atoms with Gasteiger partial charge in [0.2, 0.25) is 5.91 Å². The third-order valence-electron chi connectivity index (χ3n) is 7.22. The second-order valence-corrected chi connectivity index (χ2v) is 12.6. The van der Waals surface area contributed by atoms with Crippen LogP contribution in [0.25, 0.3) is 0 Å². The number of halogens is 3. The van der Waals surface area contributed by atoms with Gasteiger partial charge in [-0.3, -0.25) is 4.79 Å². The topological polar surface area (TPSA) is 95.9 Å². The molecule has 1 amide bonds. The number of hydrogen-bond donors (Lipinski definition) is 3. The molecule has 0 radical (unpaired) electrons. The lowest BCUT2D eigenvalue weighted by Crippen LogP contribution is -2.40. The van der Waals surface area contributed by atoms with Gasteiger partial charge in [-0.05, 0) is 92.2 Å². The number of aliphatic hydroxyl groups excluding tert-OH is 2. The number of aryl methyl sites for hydroxylation is 2. The molecule has 1 aliphatic rings. The largest absolute Gasteiger partial charge is 0.461 e. The number of nitrogens with one attached hydrogen (secondary N) is 1. The van der Waals surface area contributed by atoms with Gasteiger partial charge in [0.15, 0.2) is 0 Å². The SMILES string of the molecule is C[C@@H]1C[C@@H](Cl)[C@H](CCCc2ccc(C(=O)OCCC(=O)NC(CO)CO)s2)[C@H]1CCc1cc(Cl)cc(Cl)c1. The summed E-state index contributed by atoms with van der Waals surface area (Å²) in [6.45, 7) is 1.51. The lowest BCUT2D eigenvalue weighted by molar-refractivity contribution is -0.123. The van der Waals surface area contributed by atoms with E-state index in [1.807, 2.05) is 18.2 Å². The van der Waals surface area contributed by atoms with Crippen molar-refractivity contribution in [2.45, 2.75) is 63.3 Å². The highest BCUT2D eigenvalue weighted by Crippen LogP contribution is 2.45. The van der Waals surface area contributed by atoms with Gasteiger partial charge in [-0.1, -0.05) is 30.1 Å². The van der Waals surface area contributed by atoms with E-state index in [4.69, 9.17) is 49.8 Å². The summed E-state index contributed by atoms with van der Waals surface area (Å²) in [5.41, 5.74) is 1.16. The summed E-state index contributed by atoms with van der Waals surface area (Å²) in [4.78, 5) is 25.8. The number of hydrogen-bond acceptors (Lipinski definition) is 6. The molecule has 0 saturated heterocycles. The molecule has 6 nitrogen and oxygen atoms in total. The zero-order valence-electron chi connectivity index (χ0n) is 21.5. The quantitative estimate of drug-likeness (QED) is 0.184. The molecule has 0 bridgehead atoms. The number of carbonyl (C=O) groups is 2. The highest BCUT2D eigenvalue weighted by molar-refractivity contribution is 7.13. The first kappa shape index (κ1) is 31.2. The molecule has 210 valence electrons. The molecule has 1 fully saturated rings. The molecule has 38 heavy (non-hydrogen) atoms. The van der Waals surface area contributed by atoms with Crippen LogP contribution in [0, 0.1) is 17.8 Å². The number of esters is 1. The van der Waals surface area contributed by atoms with Crippen LogP contribution in [0.5, 0.6) is 0 Å². The van der Waals surface area contributed by atoms with Crippen molar-refractivity contribution in [2.75, 3.05) is 19.8 Å². The molecule has 1 aliphatic carbocycles. The van der Waals surface area contributed by atoms with Crippen molar-refractivity contribution in [3.8, 4) is 0 Å². The average Bonchev–Trinajstić information content (AvgIpc) is 3.44. The molecule has 1 heterocycles. The maximum atomic E-state index is 12.4. The first-order valence-electron chi connectivity index (χ1n) is 13.1. The Morgan fingerprint density at radius 2 is 1.79 bits per heavy atom. The van der Waals surface area contributed by atoms with Crippen molar-refractivity contribution in [2.24, 2.45) is 17.8 Å². The van der Waals surface area contributed by atoms with Crippen molar-refractivity contribution in [1.29, 1.82) is 0 Å². The van der Waals surface area contributed by atoms with Gasteiger partial charge >= 0.3 is 5.97 Å². The number of alkyl halides is 1. The molecular weight excluding hydrogens is 569 g/mol. The van der Waals surface area contributed by atoms with Crippen LogP contribution in [0.1, 0.15) is 59.1 Å². The highest BCUT2D eigenvalue weighted by atomic mass is 35.5. The fraction of sp³-hybridized carbons (Fsp3) is 0.571. The number of thiophene rings is 1. The third-order valence-corrected chi connectivity index (χ3v) is 9.29. The van der Waals surface area contributed by atoms with Crippen LogP contribution >= 0.6 is 46.1 Å². The zero-order valence-corrected chi connectivity index (χ0v) is 24.6. The highest BCUT2D eigenvalue weighted by Gasteiger charge is 2.39.